The summed E-state index contributed by atoms with van der Waals surface area (Å²) in [7, 11) is 2.59. The number of amides is 1. The Balaban J connectivity index is 1.65. The molecule has 0 atom stereocenters. The Hall–Kier alpha value is -2.82. The highest BCUT2D eigenvalue weighted by Gasteiger charge is 2.26. The van der Waals surface area contributed by atoms with Crippen molar-refractivity contribution in [3.05, 3.63) is 46.6 Å². The molecule has 0 fully saturated rings. The van der Waals surface area contributed by atoms with Crippen LogP contribution in [0.5, 0.6) is 0 Å². The number of hydrazone groups is 1. The Morgan fingerprint density at radius 1 is 1.41 bits per heavy atom. The van der Waals surface area contributed by atoms with Crippen molar-refractivity contribution in [2.24, 2.45) is 5.10 Å². The fourth-order valence-corrected chi connectivity index (χ4v) is 4.15. The molecular formula is C19H20BN5O3S. The highest BCUT2D eigenvalue weighted by Crippen LogP contribution is 2.32. The van der Waals surface area contributed by atoms with E-state index in [0.717, 1.165) is 21.3 Å². The Morgan fingerprint density at radius 2 is 2.24 bits per heavy atom. The maximum absolute atomic E-state index is 12.4. The zero-order chi connectivity index (χ0) is 20.5. The maximum Gasteiger partial charge on any atom is 0.491 e. The highest BCUT2D eigenvalue weighted by molar-refractivity contribution is 7.18. The van der Waals surface area contributed by atoms with E-state index < -0.39 is 7.12 Å². The van der Waals surface area contributed by atoms with Crippen LogP contribution in [-0.4, -0.2) is 59.8 Å². The number of fused-ring (bicyclic) bond motifs is 2. The lowest BCUT2D eigenvalue weighted by molar-refractivity contribution is 0.0829. The van der Waals surface area contributed by atoms with Gasteiger partial charge in [0.1, 0.15) is 6.33 Å². The normalized spacial score (nSPS) is 13.3. The second kappa shape index (κ2) is 7.90. The van der Waals surface area contributed by atoms with Gasteiger partial charge in [0.15, 0.2) is 5.82 Å². The number of carbonyl (C=O) groups is 1. The Kier molecular flexibility index (Phi) is 5.31. The minimum Gasteiger partial charge on any atom is -0.423 e. The topological polar surface area (TPSA) is 91.1 Å². The van der Waals surface area contributed by atoms with Crippen LogP contribution < -0.4 is 10.5 Å². The molecule has 10 heteroatoms. The smallest absolute Gasteiger partial charge is 0.423 e. The SMILES string of the molecule is CCN(/N=C/c1ccc2c(c1)COB2O)c1ncnc2c(C(=O)N(C)C)csc12. The quantitative estimate of drug-likeness (QED) is 0.390. The van der Waals surface area contributed by atoms with Crippen molar-refractivity contribution in [2.45, 2.75) is 13.5 Å². The second-order valence-electron chi connectivity index (χ2n) is 6.81. The predicted molar refractivity (Wildman–Crippen MR) is 115 cm³/mol. The summed E-state index contributed by atoms with van der Waals surface area (Å²) in [6.45, 7) is 2.97. The molecule has 3 heterocycles. The molecular weight excluding hydrogens is 389 g/mol. The van der Waals surface area contributed by atoms with Crippen molar-refractivity contribution in [1.82, 2.24) is 14.9 Å². The van der Waals surface area contributed by atoms with Crippen LogP contribution in [0, 0.1) is 0 Å². The van der Waals surface area contributed by atoms with Crippen molar-refractivity contribution >= 4 is 52.1 Å². The van der Waals surface area contributed by atoms with Gasteiger partial charge >= 0.3 is 7.12 Å². The van der Waals surface area contributed by atoms with Crippen LogP contribution in [0.4, 0.5) is 5.82 Å². The average Bonchev–Trinajstić information content (AvgIpc) is 3.32. The first-order chi connectivity index (χ1) is 14.0. The summed E-state index contributed by atoms with van der Waals surface area (Å²) in [5.41, 5.74) is 3.86. The molecule has 29 heavy (non-hydrogen) atoms. The molecule has 0 aliphatic carbocycles. The molecule has 1 aliphatic rings. The molecule has 1 N–H and O–H groups in total. The fraction of sp³-hybridized carbons (Fsp3) is 0.263. The largest absolute Gasteiger partial charge is 0.491 e. The monoisotopic (exact) mass is 409 g/mol. The van der Waals surface area contributed by atoms with Gasteiger partial charge in [-0.3, -0.25) is 4.79 Å². The van der Waals surface area contributed by atoms with Gasteiger partial charge in [-0.15, -0.1) is 11.3 Å². The van der Waals surface area contributed by atoms with Gasteiger partial charge in [0.2, 0.25) is 0 Å². The van der Waals surface area contributed by atoms with Crippen molar-refractivity contribution < 1.29 is 14.5 Å². The van der Waals surface area contributed by atoms with Gasteiger partial charge in [-0.1, -0.05) is 12.1 Å². The third-order valence-corrected chi connectivity index (χ3v) is 5.66. The van der Waals surface area contributed by atoms with Crippen LogP contribution in [0.25, 0.3) is 10.2 Å². The van der Waals surface area contributed by atoms with Crippen molar-refractivity contribution in [3.8, 4) is 0 Å². The van der Waals surface area contributed by atoms with Crippen LogP contribution in [0.2, 0.25) is 0 Å². The molecule has 1 amide bonds. The van der Waals surface area contributed by atoms with E-state index in [2.05, 4.69) is 15.1 Å². The third kappa shape index (κ3) is 3.62. The summed E-state index contributed by atoms with van der Waals surface area (Å²) in [6.07, 6.45) is 3.21. The number of thiophene rings is 1. The molecule has 0 saturated carbocycles. The molecule has 3 aromatic rings. The van der Waals surface area contributed by atoms with E-state index >= 15 is 0 Å². The van der Waals surface area contributed by atoms with Crippen LogP contribution in [0.1, 0.15) is 28.4 Å². The first kappa shape index (κ1) is 19.5. The van der Waals surface area contributed by atoms with E-state index in [1.54, 1.807) is 25.3 Å². The molecule has 1 aromatic carbocycles. The number of benzene rings is 1. The molecule has 148 valence electrons. The number of anilines is 1. The summed E-state index contributed by atoms with van der Waals surface area (Å²) in [5, 5.41) is 17.9. The zero-order valence-electron chi connectivity index (χ0n) is 16.4. The molecule has 0 spiro atoms. The summed E-state index contributed by atoms with van der Waals surface area (Å²) in [4.78, 5) is 22.7. The molecule has 0 radical (unpaired) electrons. The Labute approximate surface area is 172 Å². The van der Waals surface area contributed by atoms with E-state index in [4.69, 9.17) is 4.65 Å². The van der Waals surface area contributed by atoms with Gasteiger partial charge in [-0.05, 0) is 29.6 Å². The number of aromatic nitrogens is 2. The van der Waals surface area contributed by atoms with E-state index in [1.165, 1.54) is 22.6 Å². The Bertz CT molecular complexity index is 1100. The van der Waals surface area contributed by atoms with Crippen LogP contribution in [-0.2, 0) is 11.3 Å². The van der Waals surface area contributed by atoms with Gasteiger partial charge in [-0.2, -0.15) is 5.10 Å². The van der Waals surface area contributed by atoms with E-state index in [-0.39, 0.29) is 5.91 Å². The summed E-state index contributed by atoms with van der Waals surface area (Å²) >= 11 is 1.44. The number of rotatable bonds is 5. The van der Waals surface area contributed by atoms with Crippen LogP contribution in [0.3, 0.4) is 0 Å². The van der Waals surface area contributed by atoms with Crippen molar-refractivity contribution in [2.75, 3.05) is 25.6 Å². The molecule has 0 unspecified atom stereocenters. The molecule has 0 saturated heterocycles. The molecule has 8 nitrogen and oxygen atoms in total. The van der Waals surface area contributed by atoms with E-state index in [9.17, 15) is 9.82 Å². The average molecular weight is 409 g/mol. The number of hydrogen-bond donors (Lipinski definition) is 1. The van der Waals surface area contributed by atoms with Crippen LogP contribution in [0.15, 0.2) is 35.0 Å². The molecule has 2 aromatic heterocycles. The van der Waals surface area contributed by atoms with E-state index in [1.807, 2.05) is 30.5 Å². The summed E-state index contributed by atoms with van der Waals surface area (Å²) in [5.74, 6) is 0.575. The van der Waals surface area contributed by atoms with Gasteiger partial charge < -0.3 is 14.6 Å². The van der Waals surface area contributed by atoms with Gasteiger partial charge in [0, 0.05) is 26.0 Å². The lowest BCUT2D eigenvalue weighted by Gasteiger charge is -2.16. The minimum atomic E-state index is -0.852. The first-order valence-corrected chi connectivity index (χ1v) is 10.1. The molecule has 1 aliphatic heterocycles. The minimum absolute atomic E-state index is 0.0880. The van der Waals surface area contributed by atoms with Gasteiger partial charge in [0.05, 0.1) is 28.6 Å². The third-order valence-electron chi connectivity index (χ3n) is 4.69. The fourth-order valence-electron chi connectivity index (χ4n) is 3.17. The molecule has 4 rings (SSSR count). The van der Waals surface area contributed by atoms with Gasteiger partial charge in [-0.25, -0.2) is 15.0 Å². The zero-order valence-corrected chi connectivity index (χ0v) is 17.2. The lowest BCUT2D eigenvalue weighted by atomic mass is 9.79. The Morgan fingerprint density at radius 3 is 3.00 bits per heavy atom. The summed E-state index contributed by atoms with van der Waals surface area (Å²) in [6, 6.07) is 5.70. The summed E-state index contributed by atoms with van der Waals surface area (Å²) < 4.78 is 6.06. The standard InChI is InChI=1S/C19H20BN5O3S/c1-4-25(23-8-12-5-6-15-13(7-12)9-28-20(15)27)18-17-16(21-11-22-18)14(10-29-17)19(26)24(2)3/h5-8,10-11,27H,4,9H2,1-3H3/b23-8+. The van der Waals surface area contributed by atoms with Crippen molar-refractivity contribution in [1.29, 1.82) is 0 Å². The predicted octanol–water partition coefficient (Wildman–Crippen LogP) is 1.47. The number of nitrogens with zero attached hydrogens (tertiary/aromatic N) is 5. The molecule has 0 bridgehead atoms. The number of carbonyl (C=O) groups excluding carboxylic acids is 1. The lowest BCUT2D eigenvalue weighted by Crippen LogP contribution is -2.27. The number of hydrogen-bond acceptors (Lipinski definition) is 8. The van der Waals surface area contributed by atoms with E-state index in [0.29, 0.717) is 30.0 Å². The second-order valence-corrected chi connectivity index (χ2v) is 7.69. The first-order valence-electron chi connectivity index (χ1n) is 9.17. The highest BCUT2D eigenvalue weighted by atomic mass is 32.1. The van der Waals surface area contributed by atoms with Crippen molar-refractivity contribution in [3.63, 3.8) is 0 Å². The van der Waals surface area contributed by atoms with Crippen LogP contribution >= 0.6 is 11.3 Å². The van der Waals surface area contributed by atoms with Gasteiger partial charge in [0.25, 0.3) is 5.91 Å². The maximum atomic E-state index is 12.4.